The Labute approximate surface area is 223 Å². The van der Waals surface area contributed by atoms with Gasteiger partial charge in [0.25, 0.3) is 0 Å². The molecule has 1 N–H and O–H groups in total. The highest BCUT2D eigenvalue weighted by Gasteiger charge is 2.31. The largest absolute Gasteiger partial charge is 0.497 e. The van der Waals surface area contributed by atoms with E-state index in [1.165, 1.54) is 0 Å². The van der Waals surface area contributed by atoms with Crippen molar-refractivity contribution in [3.8, 4) is 5.75 Å². The zero-order valence-electron chi connectivity index (χ0n) is 21.8. The van der Waals surface area contributed by atoms with Crippen LogP contribution in [0.25, 0.3) is 0 Å². The molecule has 0 aromatic heterocycles. The Morgan fingerprint density at radius 1 is 0.730 bits per heavy atom. The molecule has 4 rings (SSSR count). The fourth-order valence-electron chi connectivity index (χ4n) is 4.06. The third-order valence-corrected chi connectivity index (χ3v) is 7.66. The molecule has 0 aliphatic carbocycles. The molecule has 0 heterocycles. The van der Waals surface area contributed by atoms with Crippen LogP contribution in [0.5, 0.6) is 5.75 Å². The fraction of sp³-hybridized carbons (Fsp3) is 0.219. The van der Waals surface area contributed by atoms with Gasteiger partial charge in [-0.2, -0.15) is 0 Å². The Bertz CT molecular complexity index is 1270. The highest BCUT2D eigenvalue weighted by atomic mass is 32.2. The van der Waals surface area contributed by atoms with Gasteiger partial charge in [0.05, 0.1) is 40.6 Å². The SMILES string of the molecule is COc1ccc(C(N[S@](=O)C(C)(C)C)C(N=C(c2ccccc2)c2ccccc2)c2ccccc2)cc1. The standard InChI is InChI=1S/C32H34N2O2S/c1-32(2,3)37(35)34-31(27-20-22-28(36-4)23-21-27)30(26-18-12-7-13-19-26)33-29(24-14-8-5-9-15-24)25-16-10-6-11-17-25/h5-23,30-31,34H,1-4H3/t30?,31?,37-/m1/s1. The minimum absolute atomic E-state index is 0.351. The summed E-state index contributed by atoms with van der Waals surface area (Å²) in [6.45, 7) is 5.92. The molecule has 0 bridgehead atoms. The normalized spacial score (nSPS) is 13.8. The van der Waals surface area contributed by atoms with Gasteiger partial charge in [-0.25, -0.2) is 8.93 Å². The van der Waals surface area contributed by atoms with E-state index in [0.717, 1.165) is 33.7 Å². The zero-order valence-corrected chi connectivity index (χ0v) is 22.6. The predicted octanol–water partition coefficient (Wildman–Crippen LogP) is 7.07. The van der Waals surface area contributed by atoms with Gasteiger partial charge in [0.15, 0.2) is 0 Å². The second kappa shape index (κ2) is 12.1. The van der Waals surface area contributed by atoms with Crippen molar-refractivity contribution in [2.75, 3.05) is 7.11 Å². The van der Waals surface area contributed by atoms with Crippen LogP contribution in [-0.4, -0.2) is 21.8 Å². The molecule has 4 aromatic rings. The second-order valence-corrected chi connectivity index (χ2v) is 11.8. The topological polar surface area (TPSA) is 50.7 Å². The number of hydrogen-bond acceptors (Lipinski definition) is 3. The van der Waals surface area contributed by atoms with E-state index in [9.17, 15) is 4.21 Å². The Balaban J connectivity index is 1.93. The summed E-state index contributed by atoms with van der Waals surface area (Å²) in [4.78, 5) is 5.43. The lowest BCUT2D eigenvalue weighted by molar-refractivity contribution is 0.414. The quantitative estimate of drug-likeness (QED) is 0.245. The van der Waals surface area contributed by atoms with Crippen LogP contribution in [0.4, 0.5) is 0 Å². The zero-order chi connectivity index (χ0) is 26.3. The van der Waals surface area contributed by atoms with Gasteiger partial charge in [-0.15, -0.1) is 0 Å². The van der Waals surface area contributed by atoms with E-state index in [-0.39, 0.29) is 12.1 Å². The Morgan fingerprint density at radius 2 is 1.22 bits per heavy atom. The molecule has 4 aromatic carbocycles. The number of aliphatic imine (C=N–C) groups is 1. The number of nitrogens with one attached hydrogen (secondary N) is 1. The van der Waals surface area contributed by atoms with Gasteiger partial charge in [-0.3, -0.25) is 4.99 Å². The van der Waals surface area contributed by atoms with Crippen molar-refractivity contribution >= 4 is 16.7 Å². The molecule has 0 saturated heterocycles. The van der Waals surface area contributed by atoms with Crippen molar-refractivity contribution in [1.29, 1.82) is 0 Å². The van der Waals surface area contributed by atoms with Gasteiger partial charge in [-0.05, 0) is 44.0 Å². The van der Waals surface area contributed by atoms with Crippen molar-refractivity contribution in [1.82, 2.24) is 4.72 Å². The van der Waals surface area contributed by atoms with Crippen LogP contribution in [0.15, 0.2) is 120 Å². The van der Waals surface area contributed by atoms with Crippen LogP contribution in [0.3, 0.4) is 0 Å². The van der Waals surface area contributed by atoms with Crippen molar-refractivity contribution < 1.29 is 8.95 Å². The fourth-order valence-corrected chi connectivity index (χ4v) is 4.91. The third-order valence-electron chi connectivity index (χ3n) is 6.08. The summed E-state index contributed by atoms with van der Waals surface area (Å²) in [6, 6.07) is 37.9. The lowest BCUT2D eigenvalue weighted by atomic mass is 9.93. The van der Waals surface area contributed by atoms with Crippen LogP contribution < -0.4 is 9.46 Å². The molecule has 190 valence electrons. The molecular formula is C32H34N2O2S. The Kier molecular flexibility index (Phi) is 8.70. The van der Waals surface area contributed by atoms with Gasteiger partial charge < -0.3 is 4.74 Å². The maximum atomic E-state index is 13.5. The Hall–Kier alpha value is -3.54. The van der Waals surface area contributed by atoms with Gasteiger partial charge in [0.2, 0.25) is 0 Å². The van der Waals surface area contributed by atoms with E-state index in [4.69, 9.17) is 9.73 Å². The predicted molar refractivity (Wildman–Crippen MR) is 154 cm³/mol. The monoisotopic (exact) mass is 510 g/mol. The lowest BCUT2D eigenvalue weighted by Crippen LogP contribution is -2.38. The second-order valence-electron chi connectivity index (χ2n) is 9.82. The number of ether oxygens (including phenoxy) is 1. The first-order valence-electron chi connectivity index (χ1n) is 12.4. The van der Waals surface area contributed by atoms with E-state index in [2.05, 4.69) is 41.1 Å². The van der Waals surface area contributed by atoms with E-state index in [1.807, 2.05) is 99.6 Å². The highest BCUT2D eigenvalue weighted by Crippen LogP contribution is 2.35. The number of rotatable bonds is 9. The molecule has 0 spiro atoms. The van der Waals surface area contributed by atoms with Crippen LogP contribution in [0, 0.1) is 0 Å². The molecule has 0 radical (unpaired) electrons. The van der Waals surface area contributed by atoms with Crippen molar-refractivity contribution in [2.24, 2.45) is 4.99 Å². The maximum absolute atomic E-state index is 13.5. The average molecular weight is 511 g/mol. The van der Waals surface area contributed by atoms with E-state index >= 15 is 0 Å². The first-order valence-corrected chi connectivity index (χ1v) is 13.6. The van der Waals surface area contributed by atoms with E-state index < -0.39 is 15.7 Å². The van der Waals surface area contributed by atoms with Gasteiger partial charge >= 0.3 is 0 Å². The molecule has 5 heteroatoms. The number of methoxy groups -OCH3 is 1. The molecule has 0 fully saturated rings. The molecule has 2 unspecified atom stereocenters. The van der Waals surface area contributed by atoms with Crippen LogP contribution in [0.1, 0.15) is 55.1 Å². The Morgan fingerprint density at radius 3 is 1.68 bits per heavy atom. The summed E-state index contributed by atoms with van der Waals surface area (Å²) in [5.41, 5.74) is 4.96. The molecule has 37 heavy (non-hydrogen) atoms. The number of benzene rings is 4. The van der Waals surface area contributed by atoms with Gasteiger partial charge in [0.1, 0.15) is 5.75 Å². The molecule has 0 aliphatic rings. The number of nitrogens with zero attached hydrogens (tertiary/aromatic N) is 1. The molecule has 4 nitrogen and oxygen atoms in total. The van der Waals surface area contributed by atoms with Gasteiger partial charge in [0, 0.05) is 11.1 Å². The number of hydrogen-bond donors (Lipinski definition) is 1. The minimum atomic E-state index is -1.32. The molecular weight excluding hydrogens is 476 g/mol. The summed E-state index contributed by atoms with van der Waals surface area (Å²) in [5, 5.41) is 0. The average Bonchev–Trinajstić information content (AvgIpc) is 2.93. The smallest absolute Gasteiger partial charge is 0.118 e. The minimum Gasteiger partial charge on any atom is -0.497 e. The summed E-state index contributed by atoms with van der Waals surface area (Å²) in [7, 11) is 0.332. The van der Waals surface area contributed by atoms with Gasteiger partial charge in [-0.1, -0.05) is 103 Å². The highest BCUT2D eigenvalue weighted by molar-refractivity contribution is 7.84. The van der Waals surface area contributed by atoms with Crippen LogP contribution in [-0.2, 0) is 11.0 Å². The summed E-state index contributed by atoms with van der Waals surface area (Å²) in [6.07, 6.45) is 0. The maximum Gasteiger partial charge on any atom is 0.118 e. The van der Waals surface area contributed by atoms with Crippen LogP contribution >= 0.6 is 0 Å². The first kappa shape index (κ1) is 26.5. The third kappa shape index (κ3) is 6.82. The first-order chi connectivity index (χ1) is 17.9. The van der Waals surface area contributed by atoms with Crippen molar-refractivity contribution in [3.05, 3.63) is 138 Å². The summed E-state index contributed by atoms with van der Waals surface area (Å²) < 4.78 is 21.9. The molecule has 3 atom stereocenters. The summed E-state index contributed by atoms with van der Waals surface area (Å²) in [5.74, 6) is 0.772. The van der Waals surface area contributed by atoms with Crippen molar-refractivity contribution in [3.63, 3.8) is 0 Å². The molecule has 0 amide bonds. The van der Waals surface area contributed by atoms with E-state index in [1.54, 1.807) is 7.11 Å². The lowest BCUT2D eigenvalue weighted by Gasteiger charge is -2.30. The molecule has 0 aliphatic heterocycles. The van der Waals surface area contributed by atoms with E-state index in [0.29, 0.717) is 0 Å². The van der Waals surface area contributed by atoms with Crippen molar-refractivity contribution in [2.45, 2.75) is 37.6 Å². The van der Waals surface area contributed by atoms with Crippen LogP contribution in [0.2, 0.25) is 0 Å². The molecule has 0 saturated carbocycles. The summed E-state index contributed by atoms with van der Waals surface area (Å²) >= 11 is 0.